The lowest BCUT2D eigenvalue weighted by atomic mass is 9.77. The number of ether oxygens (including phenoxy) is 1. The number of carbonyl (C=O) groups excluding carboxylic acids is 4. The Morgan fingerprint density at radius 3 is 1.70 bits per heavy atom. The smallest absolute Gasteiger partial charge is 0.407 e. The first kappa shape index (κ1) is 34.3. The predicted octanol–water partition coefficient (Wildman–Crippen LogP) is 6.78. The van der Waals surface area contributed by atoms with Crippen LogP contribution in [0.5, 0.6) is 0 Å². The Morgan fingerprint density at radius 1 is 0.704 bits per heavy atom. The summed E-state index contributed by atoms with van der Waals surface area (Å²) in [6.45, 7) is 0.0209. The summed E-state index contributed by atoms with van der Waals surface area (Å²) < 4.78 is 7.76. The maximum atomic E-state index is 13.7. The van der Waals surface area contributed by atoms with Crippen LogP contribution in [-0.2, 0) is 35.9 Å². The molecule has 0 unspecified atom stereocenters. The fraction of sp³-hybridized carbons (Fsp3) is 0.159. The quantitative estimate of drug-likeness (QED) is 0.116. The number of amides is 3. The van der Waals surface area contributed by atoms with Crippen LogP contribution >= 0.6 is 0 Å². The van der Waals surface area contributed by atoms with E-state index in [0.717, 1.165) is 38.9 Å². The summed E-state index contributed by atoms with van der Waals surface area (Å²) in [5, 5.41) is 3.12. The topological polar surface area (TPSA) is 120 Å². The van der Waals surface area contributed by atoms with Gasteiger partial charge in [-0.3, -0.25) is 9.59 Å². The van der Waals surface area contributed by atoms with Crippen molar-refractivity contribution >= 4 is 23.9 Å². The van der Waals surface area contributed by atoms with Gasteiger partial charge in [-0.25, -0.2) is 14.6 Å². The molecule has 1 atom stereocenters. The van der Waals surface area contributed by atoms with Crippen LogP contribution in [0.2, 0.25) is 0 Å². The van der Waals surface area contributed by atoms with Crippen LogP contribution < -0.4 is 5.32 Å². The molecule has 5 aromatic carbocycles. The lowest BCUT2D eigenvalue weighted by Gasteiger charge is -2.37. The zero-order valence-electron chi connectivity index (χ0n) is 29.2. The van der Waals surface area contributed by atoms with E-state index in [1.807, 2.05) is 114 Å². The second-order valence-electron chi connectivity index (χ2n) is 13.3. The Morgan fingerprint density at radius 2 is 1.19 bits per heavy atom. The third-order valence-corrected chi connectivity index (χ3v) is 10.1. The predicted molar refractivity (Wildman–Crippen MR) is 200 cm³/mol. The van der Waals surface area contributed by atoms with Crippen molar-refractivity contribution in [2.45, 2.75) is 36.8 Å². The van der Waals surface area contributed by atoms with Crippen molar-refractivity contribution in [3.05, 3.63) is 186 Å². The number of fused-ring (bicyclic) bond motifs is 3. The molecule has 2 heterocycles. The molecule has 0 saturated carbocycles. The summed E-state index contributed by atoms with van der Waals surface area (Å²) in [5.41, 5.74) is 6.76. The number of hydroxylamine groups is 2. The minimum absolute atomic E-state index is 0.0209. The highest BCUT2D eigenvalue weighted by Crippen LogP contribution is 2.45. The largest absolute Gasteiger partial charge is 0.449 e. The lowest BCUT2D eigenvalue weighted by molar-refractivity contribution is -0.198. The number of rotatable bonds is 11. The van der Waals surface area contributed by atoms with E-state index in [1.165, 1.54) is 0 Å². The summed E-state index contributed by atoms with van der Waals surface area (Å²) in [6.07, 6.45) is 2.42. The monoisotopic (exact) mass is 716 g/mol. The number of aromatic nitrogens is 2. The van der Waals surface area contributed by atoms with E-state index < -0.39 is 35.5 Å². The maximum Gasteiger partial charge on any atom is 0.407 e. The normalized spacial score (nSPS) is 14.3. The average molecular weight is 717 g/mol. The summed E-state index contributed by atoms with van der Waals surface area (Å²) in [5.74, 6) is -2.46. The van der Waals surface area contributed by atoms with Gasteiger partial charge in [0.2, 0.25) is 0 Å². The number of hydrogen-bond acceptors (Lipinski definition) is 7. The zero-order chi connectivity index (χ0) is 37.1. The molecule has 6 aromatic rings. The second-order valence-corrected chi connectivity index (χ2v) is 13.3. The molecular formula is C44H36N4O6. The number of imide groups is 1. The van der Waals surface area contributed by atoms with E-state index in [0.29, 0.717) is 10.8 Å². The molecule has 10 heteroatoms. The van der Waals surface area contributed by atoms with Crippen molar-refractivity contribution < 1.29 is 28.8 Å². The third kappa shape index (κ3) is 6.32. The van der Waals surface area contributed by atoms with Crippen LogP contribution in [0, 0.1) is 0 Å². The molecule has 8 rings (SSSR count). The third-order valence-electron chi connectivity index (χ3n) is 10.1. The van der Waals surface area contributed by atoms with Crippen molar-refractivity contribution in [2.24, 2.45) is 0 Å². The summed E-state index contributed by atoms with van der Waals surface area (Å²) >= 11 is 0. The van der Waals surface area contributed by atoms with Crippen molar-refractivity contribution in [1.29, 1.82) is 0 Å². The number of nitrogens with zero attached hydrogens (tertiary/aromatic N) is 3. The van der Waals surface area contributed by atoms with Gasteiger partial charge in [-0.1, -0.05) is 140 Å². The Hall–Kier alpha value is -6.81. The summed E-state index contributed by atoms with van der Waals surface area (Å²) in [7, 11) is 0. The first-order valence-corrected chi connectivity index (χ1v) is 17.8. The van der Waals surface area contributed by atoms with Gasteiger partial charge in [-0.2, -0.15) is 0 Å². The van der Waals surface area contributed by atoms with Crippen molar-refractivity contribution in [3.63, 3.8) is 0 Å². The fourth-order valence-electron chi connectivity index (χ4n) is 7.63. The van der Waals surface area contributed by atoms with Crippen molar-refractivity contribution in [3.8, 4) is 11.1 Å². The SMILES string of the molecule is O=C(N[C@H](Cc1cn(C(c2ccccc2)(c2ccccc2)c2ccccc2)cn1)C(=O)ON1C(=O)CCC1=O)OCC1c2ccccc2-c2ccccc21. The molecular weight excluding hydrogens is 681 g/mol. The molecule has 54 heavy (non-hydrogen) atoms. The number of nitrogens with one attached hydrogen (secondary N) is 1. The van der Waals surface area contributed by atoms with Gasteiger partial charge in [0.1, 0.15) is 18.2 Å². The minimum Gasteiger partial charge on any atom is -0.449 e. The minimum atomic E-state index is -1.36. The molecule has 10 nitrogen and oxygen atoms in total. The Balaban J connectivity index is 1.10. The number of carbonyl (C=O) groups is 4. The van der Waals surface area contributed by atoms with Gasteiger partial charge in [0, 0.05) is 31.4 Å². The molecule has 268 valence electrons. The average Bonchev–Trinajstić information content (AvgIpc) is 3.91. The lowest BCUT2D eigenvalue weighted by Crippen LogP contribution is -2.47. The molecule has 1 saturated heterocycles. The van der Waals surface area contributed by atoms with Gasteiger partial charge in [0.05, 0.1) is 12.0 Å². The van der Waals surface area contributed by atoms with Crippen LogP contribution in [0.1, 0.15) is 52.3 Å². The van der Waals surface area contributed by atoms with Gasteiger partial charge in [-0.15, -0.1) is 5.06 Å². The molecule has 0 radical (unpaired) electrons. The molecule has 0 bridgehead atoms. The molecule has 2 aliphatic rings. The first-order chi connectivity index (χ1) is 26.4. The van der Waals surface area contributed by atoms with Gasteiger partial charge < -0.3 is 19.5 Å². The van der Waals surface area contributed by atoms with Gasteiger partial charge in [0.25, 0.3) is 11.8 Å². The molecule has 1 aliphatic heterocycles. The molecule has 1 aliphatic carbocycles. The van der Waals surface area contributed by atoms with E-state index >= 15 is 0 Å². The molecule has 0 spiro atoms. The van der Waals surface area contributed by atoms with E-state index in [4.69, 9.17) is 14.6 Å². The highest BCUT2D eigenvalue weighted by atomic mass is 16.7. The highest BCUT2D eigenvalue weighted by Gasteiger charge is 2.40. The molecule has 1 aromatic heterocycles. The van der Waals surface area contributed by atoms with Gasteiger partial charge in [0.15, 0.2) is 0 Å². The molecule has 1 N–H and O–H groups in total. The van der Waals surface area contributed by atoms with E-state index in [9.17, 15) is 19.2 Å². The van der Waals surface area contributed by atoms with Crippen LogP contribution in [0.25, 0.3) is 11.1 Å². The number of imidazole rings is 1. The highest BCUT2D eigenvalue weighted by molar-refractivity contribution is 6.02. The van der Waals surface area contributed by atoms with E-state index in [-0.39, 0.29) is 31.8 Å². The van der Waals surface area contributed by atoms with Crippen LogP contribution in [-0.4, -0.2) is 51.1 Å². The number of hydrogen-bond donors (Lipinski definition) is 1. The molecule has 3 amide bonds. The summed E-state index contributed by atoms with van der Waals surface area (Å²) in [6, 6.07) is 44.8. The van der Waals surface area contributed by atoms with Crippen molar-refractivity contribution in [1.82, 2.24) is 19.9 Å². The zero-order valence-corrected chi connectivity index (χ0v) is 29.2. The molecule has 1 fully saturated rings. The fourth-order valence-corrected chi connectivity index (χ4v) is 7.63. The van der Waals surface area contributed by atoms with Crippen molar-refractivity contribution in [2.75, 3.05) is 6.61 Å². The maximum absolute atomic E-state index is 13.7. The summed E-state index contributed by atoms with van der Waals surface area (Å²) in [4.78, 5) is 62.0. The second kappa shape index (κ2) is 14.7. The first-order valence-electron chi connectivity index (χ1n) is 17.8. The van der Waals surface area contributed by atoms with Crippen LogP contribution in [0.3, 0.4) is 0 Å². The Labute approximate surface area is 311 Å². The Bertz CT molecular complexity index is 2170. The van der Waals surface area contributed by atoms with E-state index in [2.05, 4.69) is 41.7 Å². The van der Waals surface area contributed by atoms with Crippen LogP contribution in [0.15, 0.2) is 152 Å². The van der Waals surface area contributed by atoms with Gasteiger partial charge in [-0.05, 0) is 38.9 Å². The van der Waals surface area contributed by atoms with Gasteiger partial charge >= 0.3 is 12.1 Å². The number of alkyl carbamates (subject to hydrolysis) is 1. The standard InChI is InChI=1S/C44H36N4O6/c49-40-24-25-41(50)48(40)54-42(51)39(46-43(52)53-28-38-36-22-12-10-20-34(36)35-21-11-13-23-37(35)38)26-33-27-47(29-45-33)44(30-14-4-1-5-15-30,31-16-6-2-7-17-31)32-18-8-3-9-19-32/h1-23,27,29,38-39H,24-26,28H2,(H,46,52)/t39-/m1/s1. The number of benzene rings is 5. The Kier molecular flexibility index (Phi) is 9.31. The van der Waals surface area contributed by atoms with E-state index in [1.54, 1.807) is 6.33 Å². The van der Waals surface area contributed by atoms with Crippen LogP contribution in [0.4, 0.5) is 4.79 Å².